The highest BCUT2D eigenvalue weighted by molar-refractivity contribution is 6.57. The van der Waals surface area contributed by atoms with Crippen molar-refractivity contribution < 1.29 is 9.53 Å². The summed E-state index contributed by atoms with van der Waals surface area (Å²) in [6.45, 7) is 14.7. The molecule has 154 valence electrons. The third-order valence-electron chi connectivity index (χ3n) is 5.82. The Labute approximate surface area is 164 Å². The maximum absolute atomic E-state index is 11.7. The van der Waals surface area contributed by atoms with Crippen LogP contribution >= 0.6 is 0 Å². The Morgan fingerprint density at radius 1 is 1.08 bits per heavy atom. The Bertz CT molecular complexity index is 379. The van der Waals surface area contributed by atoms with Gasteiger partial charge in [-0.05, 0) is 13.0 Å². The standard InChI is InChI=1S/C21H44N2O2Si/c1-6-7-8-9-10-11-12-13-14-23-16-15-22(18-20(23)26(4)5)17-19(2)21(24)25-3/h19-20,26H,6-18H2,1-5H3. The molecule has 0 aromatic rings. The van der Waals surface area contributed by atoms with Gasteiger partial charge in [0.25, 0.3) is 0 Å². The predicted octanol–water partition coefficient (Wildman–Crippen LogP) is 3.95. The monoisotopic (exact) mass is 384 g/mol. The Kier molecular flexibility index (Phi) is 12.5. The van der Waals surface area contributed by atoms with Crippen LogP contribution in [0.4, 0.5) is 0 Å². The van der Waals surface area contributed by atoms with Gasteiger partial charge in [0, 0.05) is 31.8 Å². The Balaban J connectivity index is 2.29. The Morgan fingerprint density at radius 3 is 2.27 bits per heavy atom. The van der Waals surface area contributed by atoms with Gasteiger partial charge in [0.2, 0.25) is 0 Å². The molecule has 1 rings (SSSR count). The summed E-state index contributed by atoms with van der Waals surface area (Å²) in [4.78, 5) is 16.9. The van der Waals surface area contributed by atoms with Crippen molar-refractivity contribution in [2.75, 3.05) is 39.8 Å². The summed E-state index contributed by atoms with van der Waals surface area (Å²) >= 11 is 0. The molecule has 0 bridgehead atoms. The van der Waals surface area contributed by atoms with Crippen molar-refractivity contribution in [2.45, 2.75) is 84.0 Å². The van der Waals surface area contributed by atoms with E-state index in [9.17, 15) is 4.79 Å². The van der Waals surface area contributed by atoms with E-state index in [0.29, 0.717) is 0 Å². The van der Waals surface area contributed by atoms with Gasteiger partial charge in [0.15, 0.2) is 0 Å². The Hall–Kier alpha value is -0.393. The lowest BCUT2D eigenvalue weighted by atomic mass is 10.1. The van der Waals surface area contributed by atoms with Crippen molar-refractivity contribution in [3.05, 3.63) is 0 Å². The van der Waals surface area contributed by atoms with Crippen molar-refractivity contribution in [1.29, 1.82) is 0 Å². The molecule has 2 unspecified atom stereocenters. The number of carbonyl (C=O) groups excluding carboxylic acids is 1. The van der Waals surface area contributed by atoms with Gasteiger partial charge in [-0.25, -0.2) is 0 Å². The van der Waals surface area contributed by atoms with Crippen molar-refractivity contribution in [2.24, 2.45) is 5.92 Å². The molecule has 0 aliphatic carbocycles. The molecule has 0 saturated carbocycles. The van der Waals surface area contributed by atoms with E-state index >= 15 is 0 Å². The predicted molar refractivity (Wildman–Crippen MR) is 114 cm³/mol. The third-order valence-corrected chi connectivity index (χ3v) is 7.99. The molecule has 0 N–H and O–H groups in total. The highest BCUT2D eigenvalue weighted by Gasteiger charge is 2.30. The van der Waals surface area contributed by atoms with Crippen LogP contribution in [0.3, 0.4) is 0 Å². The lowest BCUT2D eigenvalue weighted by Crippen LogP contribution is -2.58. The molecule has 0 amide bonds. The zero-order valence-corrected chi connectivity index (χ0v) is 19.3. The van der Waals surface area contributed by atoms with Gasteiger partial charge in [-0.3, -0.25) is 9.69 Å². The van der Waals surface area contributed by atoms with E-state index in [4.69, 9.17) is 4.74 Å². The van der Waals surface area contributed by atoms with E-state index in [1.165, 1.54) is 71.6 Å². The van der Waals surface area contributed by atoms with Crippen molar-refractivity contribution in [1.82, 2.24) is 9.80 Å². The van der Waals surface area contributed by atoms with Gasteiger partial charge in [-0.1, -0.05) is 71.9 Å². The molecule has 26 heavy (non-hydrogen) atoms. The Morgan fingerprint density at radius 2 is 1.69 bits per heavy atom. The van der Waals surface area contributed by atoms with Gasteiger partial charge in [0.05, 0.1) is 21.8 Å². The number of ether oxygens (including phenoxy) is 1. The van der Waals surface area contributed by atoms with E-state index in [0.717, 1.165) is 25.3 Å². The second-order valence-corrected chi connectivity index (χ2v) is 11.8. The molecule has 1 aliphatic rings. The lowest BCUT2D eigenvalue weighted by Gasteiger charge is -2.43. The first-order valence-electron chi connectivity index (χ1n) is 11.0. The number of hydrogen-bond acceptors (Lipinski definition) is 4. The first kappa shape index (κ1) is 23.6. The van der Waals surface area contributed by atoms with E-state index < -0.39 is 8.80 Å². The SMILES string of the molecule is CCCCCCCCCCN1CCN(CC(C)C(=O)OC)CC1[SiH](C)C. The zero-order valence-electron chi connectivity index (χ0n) is 18.1. The van der Waals surface area contributed by atoms with E-state index in [1.54, 1.807) is 0 Å². The summed E-state index contributed by atoms with van der Waals surface area (Å²) in [6, 6.07) is 0. The number of hydrogen-bond donors (Lipinski definition) is 0. The summed E-state index contributed by atoms with van der Waals surface area (Å²) < 4.78 is 4.89. The van der Waals surface area contributed by atoms with Crippen LogP contribution in [0.25, 0.3) is 0 Å². The van der Waals surface area contributed by atoms with Crippen LogP contribution in [0, 0.1) is 5.92 Å². The summed E-state index contributed by atoms with van der Waals surface area (Å²) in [5.41, 5.74) is 0.748. The first-order valence-corrected chi connectivity index (χ1v) is 14.0. The highest BCUT2D eigenvalue weighted by Crippen LogP contribution is 2.16. The fraction of sp³-hybridized carbons (Fsp3) is 0.952. The molecule has 1 aliphatic heterocycles. The third kappa shape index (κ3) is 9.00. The summed E-state index contributed by atoms with van der Waals surface area (Å²) in [7, 11) is 0.755. The molecular weight excluding hydrogens is 340 g/mol. The van der Waals surface area contributed by atoms with Crippen LogP contribution in [-0.2, 0) is 9.53 Å². The molecule has 5 heteroatoms. The number of methoxy groups -OCH3 is 1. The number of unbranched alkanes of at least 4 members (excludes halogenated alkanes) is 7. The quantitative estimate of drug-likeness (QED) is 0.273. The molecule has 1 heterocycles. The number of piperazine rings is 1. The van der Waals surface area contributed by atoms with Crippen molar-refractivity contribution >= 4 is 14.8 Å². The number of rotatable bonds is 13. The molecule has 1 fully saturated rings. The zero-order chi connectivity index (χ0) is 19.4. The van der Waals surface area contributed by atoms with Gasteiger partial charge in [-0.15, -0.1) is 0 Å². The largest absolute Gasteiger partial charge is 0.469 e. The van der Waals surface area contributed by atoms with Crippen molar-refractivity contribution in [3.8, 4) is 0 Å². The molecular formula is C21H44N2O2Si. The topological polar surface area (TPSA) is 32.8 Å². The van der Waals surface area contributed by atoms with Gasteiger partial charge in [0.1, 0.15) is 0 Å². The van der Waals surface area contributed by atoms with Gasteiger partial charge >= 0.3 is 5.97 Å². The van der Waals surface area contributed by atoms with Crippen LogP contribution in [-0.4, -0.2) is 70.1 Å². The first-order chi connectivity index (χ1) is 12.5. The lowest BCUT2D eigenvalue weighted by molar-refractivity contribution is -0.145. The van der Waals surface area contributed by atoms with Crippen LogP contribution in [0.5, 0.6) is 0 Å². The number of carbonyl (C=O) groups is 1. The second-order valence-electron chi connectivity index (χ2n) is 8.51. The average Bonchev–Trinajstić information content (AvgIpc) is 2.63. The average molecular weight is 385 g/mol. The normalized spacial score (nSPS) is 20.5. The van der Waals surface area contributed by atoms with Gasteiger partial charge < -0.3 is 9.64 Å². The fourth-order valence-corrected chi connectivity index (χ4v) is 5.96. The van der Waals surface area contributed by atoms with E-state index in [2.05, 4.69) is 29.8 Å². The van der Waals surface area contributed by atoms with Crippen molar-refractivity contribution in [3.63, 3.8) is 0 Å². The molecule has 0 spiro atoms. The second kappa shape index (κ2) is 13.7. The van der Waals surface area contributed by atoms with Crippen LogP contribution in [0.2, 0.25) is 13.1 Å². The smallest absolute Gasteiger partial charge is 0.309 e. The summed E-state index contributed by atoms with van der Waals surface area (Å²) in [6.07, 6.45) is 11.1. The molecule has 4 nitrogen and oxygen atoms in total. The summed E-state index contributed by atoms with van der Waals surface area (Å²) in [5, 5.41) is 0. The maximum atomic E-state index is 11.7. The van der Waals surface area contributed by atoms with Crippen LogP contribution < -0.4 is 0 Å². The fourth-order valence-electron chi connectivity index (χ4n) is 4.09. The van der Waals surface area contributed by atoms with E-state index in [-0.39, 0.29) is 11.9 Å². The molecule has 0 radical (unpaired) electrons. The molecule has 0 aromatic heterocycles. The minimum absolute atomic E-state index is 0.0197. The van der Waals surface area contributed by atoms with Crippen LogP contribution in [0.15, 0.2) is 0 Å². The highest BCUT2D eigenvalue weighted by atomic mass is 28.3. The summed E-state index contributed by atoms with van der Waals surface area (Å²) in [5.74, 6) is -0.0987. The number of nitrogens with zero attached hydrogens (tertiary/aromatic N) is 2. The minimum Gasteiger partial charge on any atom is -0.469 e. The molecule has 0 aromatic carbocycles. The molecule has 1 saturated heterocycles. The minimum atomic E-state index is -0.735. The van der Waals surface area contributed by atoms with Gasteiger partial charge in [-0.2, -0.15) is 0 Å². The van der Waals surface area contributed by atoms with Crippen LogP contribution in [0.1, 0.15) is 65.2 Å². The number of esters is 1. The maximum Gasteiger partial charge on any atom is 0.309 e. The van der Waals surface area contributed by atoms with E-state index in [1.807, 2.05) is 6.92 Å². The molecule has 2 atom stereocenters.